The Morgan fingerprint density at radius 3 is 2.55 bits per heavy atom. The van der Waals surface area contributed by atoms with Gasteiger partial charge in [-0.1, -0.05) is 42.5 Å². The lowest BCUT2D eigenvalue weighted by Gasteiger charge is -2.30. The van der Waals surface area contributed by atoms with Crippen molar-refractivity contribution < 1.29 is 32.5 Å². The molecule has 44 heavy (non-hydrogen) atoms. The van der Waals surface area contributed by atoms with Crippen LogP contribution >= 0.6 is 0 Å². The van der Waals surface area contributed by atoms with Crippen LogP contribution in [-0.2, 0) is 30.7 Å². The van der Waals surface area contributed by atoms with Gasteiger partial charge in [-0.25, -0.2) is 8.42 Å². The number of hydrogen-bond donors (Lipinski definition) is 2. The van der Waals surface area contributed by atoms with Gasteiger partial charge < -0.3 is 24.6 Å². The summed E-state index contributed by atoms with van der Waals surface area (Å²) in [6.07, 6.45) is 4.70. The van der Waals surface area contributed by atoms with Crippen LogP contribution in [0.2, 0.25) is 0 Å². The summed E-state index contributed by atoms with van der Waals surface area (Å²) < 4.78 is 45.1. The van der Waals surface area contributed by atoms with E-state index < -0.39 is 16.3 Å². The SMILES string of the molecule is COc1ccc(S(=O)(=O)N(CCO)CCO[C@@H]2C[C@H](c3ccc4c(c3)Cc3ccccc3-4)C=C(C(=O)NCC3CC3)O2)cc1. The Labute approximate surface area is 258 Å². The van der Waals surface area contributed by atoms with Crippen LogP contribution in [0.1, 0.15) is 41.9 Å². The highest BCUT2D eigenvalue weighted by atomic mass is 32.2. The Hall–Kier alpha value is -3.70. The minimum atomic E-state index is -3.89. The van der Waals surface area contributed by atoms with Gasteiger partial charge in [-0.3, -0.25) is 4.79 Å². The van der Waals surface area contributed by atoms with E-state index in [0.717, 1.165) is 24.8 Å². The Bertz CT molecular complexity index is 1630. The van der Waals surface area contributed by atoms with Crippen LogP contribution in [0.25, 0.3) is 11.1 Å². The fourth-order valence-corrected chi connectivity index (χ4v) is 7.25. The molecule has 1 saturated carbocycles. The number of nitrogens with one attached hydrogen (secondary N) is 1. The highest BCUT2D eigenvalue weighted by molar-refractivity contribution is 7.89. The maximum atomic E-state index is 13.3. The van der Waals surface area contributed by atoms with Gasteiger partial charge in [0.25, 0.3) is 5.91 Å². The van der Waals surface area contributed by atoms with E-state index in [2.05, 4.69) is 47.8 Å². The molecule has 1 aliphatic heterocycles. The van der Waals surface area contributed by atoms with Crippen molar-refractivity contribution in [3.8, 4) is 16.9 Å². The molecular weight excluding hydrogens is 580 g/mol. The summed E-state index contributed by atoms with van der Waals surface area (Å²) in [5.74, 6) is 0.889. The van der Waals surface area contributed by atoms with Crippen molar-refractivity contribution in [2.75, 3.05) is 40.0 Å². The molecule has 2 aliphatic carbocycles. The first kappa shape index (κ1) is 30.3. The molecule has 0 spiro atoms. The first-order chi connectivity index (χ1) is 21.4. The fraction of sp³-hybridized carbons (Fsp3) is 0.382. The lowest BCUT2D eigenvalue weighted by Crippen LogP contribution is -2.38. The molecule has 3 aromatic rings. The summed E-state index contributed by atoms with van der Waals surface area (Å²) in [7, 11) is -2.37. The van der Waals surface area contributed by atoms with Gasteiger partial charge in [0.15, 0.2) is 5.76 Å². The van der Waals surface area contributed by atoms with Crippen LogP contribution in [0, 0.1) is 5.92 Å². The number of carbonyl (C=O) groups excluding carboxylic acids is 1. The molecule has 2 N–H and O–H groups in total. The van der Waals surface area contributed by atoms with Crippen LogP contribution in [0.15, 0.2) is 83.5 Å². The average Bonchev–Trinajstić information content (AvgIpc) is 3.81. The van der Waals surface area contributed by atoms with Crippen LogP contribution in [0.4, 0.5) is 0 Å². The monoisotopic (exact) mass is 618 g/mol. The van der Waals surface area contributed by atoms with Gasteiger partial charge in [-0.05, 0) is 83.3 Å². The molecule has 0 radical (unpaired) electrons. The number of aliphatic hydroxyl groups excluding tert-OH is 1. The van der Waals surface area contributed by atoms with Crippen LogP contribution in [0.5, 0.6) is 5.75 Å². The van der Waals surface area contributed by atoms with E-state index >= 15 is 0 Å². The second kappa shape index (κ2) is 13.1. The molecule has 3 aromatic carbocycles. The number of hydrogen-bond acceptors (Lipinski definition) is 7. The summed E-state index contributed by atoms with van der Waals surface area (Å²) in [4.78, 5) is 13.2. The molecule has 9 nitrogen and oxygen atoms in total. The van der Waals surface area contributed by atoms with Crippen molar-refractivity contribution in [3.05, 3.63) is 95.3 Å². The Balaban J connectivity index is 1.16. The van der Waals surface area contributed by atoms with Gasteiger partial charge >= 0.3 is 0 Å². The van der Waals surface area contributed by atoms with Crippen LogP contribution < -0.4 is 10.1 Å². The summed E-state index contributed by atoms with van der Waals surface area (Å²) >= 11 is 0. The molecule has 0 bridgehead atoms. The third kappa shape index (κ3) is 6.68. The van der Waals surface area contributed by atoms with Crippen molar-refractivity contribution in [2.45, 2.75) is 42.8 Å². The van der Waals surface area contributed by atoms with Gasteiger partial charge in [0.1, 0.15) is 5.75 Å². The Kier molecular flexibility index (Phi) is 9.04. The maximum Gasteiger partial charge on any atom is 0.286 e. The van der Waals surface area contributed by atoms with Gasteiger partial charge in [0.2, 0.25) is 16.3 Å². The minimum absolute atomic E-state index is 0.00345. The lowest BCUT2D eigenvalue weighted by molar-refractivity contribution is -0.146. The summed E-state index contributed by atoms with van der Waals surface area (Å²) in [5, 5.41) is 12.6. The number of fused-ring (bicyclic) bond motifs is 3. The fourth-order valence-electron chi connectivity index (χ4n) is 5.84. The van der Waals surface area contributed by atoms with Gasteiger partial charge in [0.05, 0.1) is 25.2 Å². The average molecular weight is 619 g/mol. The second-order valence-electron chi connectivity index (χ2n) is 11.5. The molecule has 0 aromatic heterocycles. The Morgan fingerprint density at radius 1 is 1.02 bits per heavy atom. The van der Waals surface area contributed by atoms with Crippen molar-refractivity contribution in [2.24, 2.45) is 5.92 Å². The molecule has 1 amide bonds. The maximum absolute atomic E-state index is 13.3. The van der Waals surface area contributed by atoms with Gasteiger partial charge in [-0.15, -0.1) is 0 Å². The highest BCUT2D eigenvalue weighted by Crippen LogP contribution is 2.40. The van der Waals surface area contributed by atoms with Crippen molar-refractivity contribution in [1.82, 2.24) is 9.62 Å². The normalized spacial score (nSPS) is 19.1. The zero-order chi connectivity index (χ0) is 30.7. The number of sulfonamides is 1. The van der Waals surface area contributed by atoms with E-state index in [-0.39, 0.29) is 48.8 Å². The molecule has 0 unspecified atom stereocenters. The third-order valence-electron chi connectivity index (χ3n) is 8.47. The smallest absolute Gasteiger partial charge is 0.286 e. The van der Waals surface area contributed by atoms with Crippen molar-refractivity contribution >= 4 is 15.9 Å². The summed E-state index contributed by atoms with van der Waals surface area (Å²) in [5.41, 5.74) is 6.13. The standard InChI is InChI=1S/C34H38N2O7S/c1-41-28-9-11-29(12-10-28)44(39,40)36(14-16-37)15-17-42-33-21-26(20-32(43-33)34(38)35-22-23-6-7-23)24-8-13-31-27(18-24)19-25-4-2-3-5-30(25)31/h2-5,8-13,18,20,23,26,33,37H,6-7,14-17,19,21-22H2,1H3,(H,35,38)/t26-,33+/m1/s1. The summed E-state index contributed by atoms with van der Waals surface area (Å²) in [6, 6.07) is 21.0. The Morgan fingerprint density at radius 2 is 1.80 bits per heavy atom. The van der Waals surface area contributed by atoms with E-state index in [4.69, 9.17) is 14.2 Å². The largest absolute Gasteiger partial charge is 0.497 e. The molecule has 2 atom stereocenters. The van der Waals surface area contributed by atoms with E-state index in [9.17, 15) is 18.3 Å². The minimum Gasteiger partial charge on any atom is -0.497 e. The van der Waals surface area contributed by atoms with E-state index in [1.165, 1.54) is 45.8 Å². The number of benzene rings is 3. The zero-order valence-electron chi connectivity index (χ0n) is 24.8. The molecule has 3 aliphatic rings. The van der Waals surface area contributed by atoms with Crippen molar-refractivity contribution in [1.29, 1.82) is 0 Å². The van der Waals surface area contributed by atoms with Crippen molar-refractivity contribution in [3.63, 3.8) is 0 Å². The van der Waals surface area contributed by atoms with E-state index in [1.54, 1.807) is 12.1 Å². The third-order valence-corrected chi connectivity index (χ3v) is 10.4. The highest BCUT2D eigenvalue weighted by Gasteiger charge is 2.32. The van der Waals surface area contributed by atoms with Crippen LogP contribution in [0.3, 0.4) is 0 Å². The van der Waals surface area contributed by atoms with E-state index in [0.29, 0.717) is 24.6 Å². The molecule has 1 heterocycles. The number of allylic oxidation sites excluding steroid dienone is 1. The predicted molar refractivity (Wildman–Crippen MR) is 166 cm³/mol. The number of methoxy groups -OCH3 is 1. The topological polar surface area (TPSA) is 114 Å². The molecular formula is C34H38N2O7S. The first-order valence-corrected chi connectivity index (χ1v) is 16.5. The quantitative estimate of drug-likeness (QED) is 0.231. The zero-order valence-corrected chi connectivity index (χ0v) is 25.6. The van der Waals surface area contributed by atoms with Gasteiger partial charge in [0, 0.05) is 32.0 Å². The summed E-state index contributed by atoms with van der Waals surface area (Å²) in [6.45, 7) is 0.213. The molecule has 10 heteroatoms. The predicted octanol–water partition coefficient (Wildman–Crippen LogP) is 4.21. The number of aliphatic hydroxyl groups is 1. The second-order valence-corrected chi connectivity index (χ2v) is 13.4. The molecule has 232 valence electrons. The lowest BCUT2D eigenvalue weighted by atomic mass is 9.90. The number of rotatable bonds is 13. The molecule has 6 rings (SSSR count). The number of ether oxygens (including phenoxy) is 3. The van der Waals surface area contributed by atoms with Gasteiger partial charge in [-0.2, -0.15) is 4.31 Å². The number of carbonyl (C=O) groups is 1. The number of nitrogens with zero attached hydrogens (tertiary/aromatic N) is 1. The van der Waals surface area contributed by atoms with E-state index in [1.807, 2.05) is 6.08 Å². The molecule has 1 fully saturated rings. The van der Waals surface area contributed by atoms with Crippen LogP contribution in [-0.4, -0.2) is 70.0 Å². The first-order valence-electron chi connectivity index (χ1n) is 15.1. The number of amides is 1. The molecule has 0 saturated heterocycles.